The summed E-state index contributed by atoms with van der Waals surface area (Å²) < 4.78 is 0. The molecule has 1 saturated heterocycles. The zero-order chi connectivity index (χ0) is 17.1. The van der Waals surface area contributed by atoms with Gasteiger partial charge in [-0.25, -0.2) is 9.69 Å². The lowest BCUT2D eigenvalue weighted by atomic mass is 10.0. The Hall–Kier alpha value is -2.21. The molecule has 6 heteroatoms. The number of hydrogen-bond donors (Lipinski definition) is 1. The molecule has 1 fully saturated rings. The van der Waals surface area contributed by atoms with E-state index in [-0.39, 0.29) is 13.2 Å². The van der Waals surface area contributed by atoms with Crippen molar-refractivity contribution in [2.45, 2.75) is 33.2 Å². The van der Waals surface area contributed by atoms with Gasteiger partial charge in [0.15, 0.2) is 6.67 Å². The van der Waals surface area contributed by atoms with Gasteiger partial charge in [0.25, 0.3) is 0 Å². The molecule has 0 spiro atoms. The summed E-state index contributed by atoms with van der Waals surface area (Å²) in [6.45, 7) is 7.05. The Morgan fingerprint density at radius 1 is 1.00 bits per heavy atom. The second kappa shape index (κ2) is 6.91. The van der Waals surface area contributed by atoms with Crippen LogP contribution >= 0.6 is 0 Å². The fraction of sp³-hybridized carbons (Fsp3) is 0.471. The molecule has 1 aromatic rings. The van der Waals surface area contributed by atoms with Crippen molar-refractivity contribution in [3.8, 4) is 0 Å². The van der Waals surface area contributed by atoms with Crippen molar-refractivity contribution in [2.24, 2.45) is 0 Å². The molecule has 1 aliphatic rings. The molecule has 6 nitrogen and oxygen atoms in total. The van der Waals surface area contributed by atoms with Gasteiger partial charge >= 0.3 is 17.8 Å². The third-order valence-electron chi connectivity index (χ3n) is 4.03. The monoisotopic (exact) mass is 318 g/mol. The van der Waals surface area contributed by atoms with Gasteiger partial charge in [-0.3, -0.25) is 14.5 Å². The van der Waals surface area contributed by atoms with Crippen molar-refractivity contribution < 1.29 is 19.3 Å². The fourth-order valence-corrected chi connectivity index (χ4v) is 2.66. The van der Waals surface area contributed by atoms with Gasteiger partial charge in [-0.2, -0.15) is 0 Å². The lowest BCUT2D eigenvalue weighted by Crippen LogP contribution is -3.09. The minimum atomic E-state index is -0.730. The Kier molecular flexibility index (Phi) is 5.15. The van der Waals surface area contributed by atoms with E-state index in [0.717, 1.165) is 20.3 Å². The number of hydrogen-bond acceptors (Lipinski definition) is 3. The number of nitrogens with one attached hydrogen (secondary N) is 1. The van der Waals surface area contributed by atoms with E-state index < -0.39 is 17.8 Å². The van der Waals surface area contributed by atoms with Crippen molar-refractivity contribution in [1.29, 1.82) is 0 Å². The van der Waals surface area contributed by atoms with E-state index in [1.807, 2.05) is 7.05 Å². The van der Waals surface area contributed by atoms with Crippen molar-refractivity contribution in [3.05, 3.63) is 35.4 Å². The number of nitrogens with zero attached hydrogens (tertiary/aromatic N) is 2. The molecular formula is C17H24N3O3+. The molecule has 1 aliphatic heterocycles. The molecule has 1 aromatic carbocycles. The summed E-state index contributed by atoms with van der Waals surface area (Å²) in [5, 5.41) is 0. The number of benzene rings is 1. The number of likely N-dealkylation sites (N-methyl/N-ethyl adjacent to an activating group) is 1. The highest BCUT2D eigenvalue weighted by Crippen LogP contribution is 2.14. The predicted molar refractivity (Wildman–Crippen MR) is 85.6 cm³/mol. The summed E-state index contributed by atoms with van der Waals surface area (Å²) in [6, 6.07) is 7.81. The van der Waals surface area contributed by atoms with E-state index in [1.165, 1.54) is 5.56 Å². The highest BCUT2D eigenvalue weighted by atomic mass is 16.2. The highest BCUT2D eigenvalue weighted by Gasteiger charge is 2.44. The highest BCUT2D eigenvalue weighted by molar-refractivity contribution is 6.44. The summed E-state index contributed by atoms with van der Waals surface area (Å²) in [5.74, 6) is -0.974. The number of imide groups is 2. The second-order valence-corrected chi connectivity index (χ2v) is 6.25. The first kappa shape index (κ1) is 17.1. The molecule has 23 heavy (non-hydrogen) atoms. The van der Waals surface area contributed by atoms with Gasteiger partial charge in [-0.15, -0.1) is 0 Å². The molecule has 1 N–H and O–H groups in total. The van der Waals surface area contributed by atoms with Crippen molar-refractivity contribution in [1.82, 2.24) is 9.80 Å². The quantitative estimate of drug-likeness (QED) is 0.617. The standard InChI is InChI=1S/C17H23N3O3/c1-5-19-15(21)16(22)20(17(19)23)11-18(4)10-13-6-8-14(9-7-13)12(2)3/h6-9,12H,5,10-11H2,1-4H3/p+1. The van der Waals surface area contributed by atoms with E-state index in [0.29, 0.717) is 12.5 Å². The Morgan fingerprint density at radius 3 is 2.04 bits per heavy atom. The molecule has 2 rings (SSSR count). The number of urea groups is 1. The maximum absolute atomic E-state index is 12.1. The second-order valence-electron chi connectivity index (χ2n) is 6.25. The van der Waals surface area contributed by atoms with Crippen LogP contribution in [0.1, 0.15) is 37.8 Å². The number of carbonyl (C=O) groups is 3. The van der Waals surface area contributed by atoms with Crippen molar-refractivity contribution >= 4 is 17.8 Å². The Balaban J connectivity index is 1.99. The average Bonchev–Trinajstić information content (AvgIpc) is 2.71. The van der Waals surface area contributed by atoms with Gasteiger partial charge in [0.2, 0.25) is 0 Å². The third-order valence-corrected chi connectivity index (χ3v) is 4.03. The van der Waals surface area contributed by atoms with Gasteiger partial charge in [-0.1, -0.05) is 38.1 Å². The van der Waals surface area contributed by atoms with E-state index in [1.54, 1.807) is 6.92 Å². The Bertz CT molecular complexity index is 610. The van der Waals surface area contributed by atoms with Crippen LogP contribution in [-0.4, -0.2) is 47.9 Å². The molecule has 1 unspecified atom stereocenters. The van der Waals surface area contributed by atoms with Crippen LogP contribution in [-0.2, 0) is 16.1 Å². The van der Waals surface area contributed by atoms with Crippen LogP contribution in [0, 0.1) is 0 Å². The van der Waals surface area contributed by atoms with Gasteiger partial charge in [0.05, 0.1) is 7.05 Å². The van der Waals surface area contributed by atoms with E-state index in [9.17, 15) is 14.4 Å². The van der Waals surface area contributed by atoms with Gasteiger partial charge in [0.1, 0.15) is 6.54 Å². The third kappa shape index (κ3) is 3.59. The van der Waals surface area contributed by atoms with E-state index in [2.05, 4.69) is 38.1 Å². The molecular weight excluding hydrogens is 294 g/mol. The topological polar surface area (TPSA) is 62.1 Å². The summed E-state index contributed by atoms with van der Waals surface area (Å²) in [7, 11) is 1.90. The summed E-state index contributed by atoms with van der Waals surface area (Å²) in [4.78, 5) is 38.6. The predicted octanol–water partition coefficient (Wildman–Crippen LogP) is 0.593. The lowest BCUT2D eigenvalue weighted by molar-refractivity contribution is -0.901. The Labute approximate surface area is 136 Å². The maximum Gasteiger partial charge on any atom is 0.338 e. The van der Waals surface area contributed by atoms with Crippen LogP contribution in [0.2, 0.25) is 0 Å². The molecule has 0 radical (unpaired) electrons. The minimum Gasteiger partial charge on any atom is -0.316 e. The fourth-order valence-electron chi connectivity index (χ4n) is 2.66. The first-order valence-electron chi connectivity index (χ1n) is 7.92. The minimum absolute atomic E-state index is 0.186. The molecule has 1 heterocycles. The molecule has 0 saturated carbocycles. The Morgan fingerprint density at radius 2 is 1.57 bits per heavy atom. The zero-order valence-corrected chi connectivity index (χ0v) is 14.1. The van der Waals surface area contributed by atoms with Gasteiger partial charge < -0.3 is 4.90 Å². The smallest absolute Gasteiger partial charge is 0.316 e. The molecule has 0 aromatic heterocycles. The van der Waals surface area contributed by atoms with Crippen LogP contribution in [0.15, 0.2) is 24.3 Å². The van der Waals surface area contributed by atoms with Crippen molar-refractivity contribution in [2.75, 3.05) is 20.3 Å². The summed E-state index contributed by atoms with van der Waals surface area (Å²) in [5.41, 5.74) is 2.41. The first-order chi connectivity index (χ1) is 10.8. The van der Waals surface area contributed by atoms with E-state index >= 15 is 0 Å². The van der Waals surface area contributed by atoms with Crippen LogP contribution in [0.5, 0.6) is 0 Å². The molecule has 4 amide bonds. The lowest BCUT2D eigenvalue weighted by Gasteiger charge is -2.20. The van der Waals surface area contributed by atoms with Crippen LogP contribution < -0.4 is 4.90 Å². The maximum atomic E-state index is 12.1. The number of amides is 4. The van der Waals surface area contributed by atoms with Gasteiger partial charge in [0, 0.05) is 12.1 Å². The number of rotatable bonds is 6. The van der Waals surface area contributed by atoms with Crippen LogP contribution in [0.4, 0.5) is 4.79 Å². The number of quaternary nitrogens is 1. The SMILES string of the molecule is CCN1C(=O)C(=O)N(C[NH+](C)Cc2ccc(C(C)C)cc2)C1=O. The van der Waals surface area contributed by atoms with Gasteiger partial charge in [-0.05, 0) is 18.4 Å². The van der Waals surface area contributed by atoms with Crippen molar-refractivity contribution in [3.63, 3.8) is 0 Å². The van der Waals surface area contributed by atoms with Crippen LogP contribution in [0.3, 0.4) is 0 Å². The largest absolute Gasteiger partial charge is 0.338 e. The van der Waals surface area contributed by atoms with E-state index in [4.69, 9.17) is 0 Å². The normalized spacial score (nSPS) is 16.7. The molecule has 1 atom stereocenters. The average molecular weight is 318 g/mol. The number of carbonyl (C=O) groups excluding carboxylic acids is 3. The summed E-state index contributed by atoms with van der Waals surface area (Å²) >= 11 is 0. The van der Waals surface area contributed by atoms with Crippen LogP contribution in [0.25, 0.3) is 0 Å². The molecule has 0 aliphatic carbocycles. The summed E-state index contributed by atoms with van der Waals surface area (Å²) in [6.07, 6.45) is 0. The first-order valence-corrected chi connectivity index (χ1v) is 7.92. The molecule has 0 bridgehead atoms. The molecule has 124 valence electrons. The zero-order valence-electron chi connectivity index (χ0n) is 14.1.